The zero-order chi connectivity index (χ0) is 10.4. The molecular weight excluding hydrogens is 224 g/mol. The van der Waals surface area contributed by atoms with Crippen LogP contribution >= 0.6 is 23.4 Å². The van der Waals surface area contributed by atoms with Crippen LogP contribution in [0, 0.1) is 0 Å². The van der Waals surface area contributed by atoms with Gasteiger partial charge in [0.15, 0.2) is 11.0 Å². The molecule has 0 radical (unpaired) electrons. The van der Waals surface area contributed by atoms with E-state index in [4.69, 9.17) is 11.6 Å². The molecular formula is C7H7ClN4OS. The average Bonchev–Trinajstić information content (AvgIpc) is 2.17. The lowest BCUT2D eigenvalue weighted by Crippen LogP contribution is -2.02. The normalized spacial score (nSPS) is 12.3. The third-order valence-corrected chi connectivity index (χ3v) is 1.88. The summed E-state index contributed by atoms with van der Waals surface area (Å²) in [6.45, 7) is 0. The Bertz CT molecular complexity index is 414. The van der Waals surface area contributed by atoms with E-state index in [0.717, 1.165) is 5.67 Å². The van der Waals surface area contributed by atoms with Crippen molar-refractivity contribution in [2.45, 2.75) is 0 Å². The van der Waals surface area contributed by atoms with Gasteiger partial charge in [0.2, 0.25) is 0 Å². The van der Waals surface area contributed by atoms with Crippen molar-refractivity contribution in [3.05, 3.63) is 22.7 Å². The highest BCUT2D eigenvalue weighted by molar-refractivity contribution is 8.13. The summed E-state index contributed by atoms with van der Waals surface area (Å²) in [4.78, 5) is 24.9. The molecule has 1 aromatic rings. The lowest BCUT2D eigenvalue weighted by Gasteiger charge is -1.94. The first-order valence-electron chi connectivity index (χ1n) is 3.56. The van der Waals surface area contributed by atoms with Crippen LogP contribution in [0.1, 0.15) is 0 Å². The average molecular weight is 231 g/mol. The van der Waals surface area contributed by atoms with Crippen LogP contribution in [0.4, 0.5) is 5.82 Å². The molecule has 1 rings (SSSR count). The molecule has 0 aromatic carbocycles. The first-order chi connectivity index (χ1) is 6.76. The molecule has 74 valence electrons. The highest BCUT2D eigenvalue weighted by Crippen LogP contribution is 2.08. The Morgan fingerprint density at radius 1 is 1.79 bits per heavy atom. The Labute approximate surface area is 89.3 Å². The lowest BCUT2D eigenvalue weighted by molar-refractivity contribution is 1.11. The Morgan fingerprint density at radius 3 is 3.14 bits per heavy atom. The maximum absolute atomic E-state index is 10.9. The van der Waals surface area contributed by atoms with Crippen LogP contribution in [0.15, 0.2) is 27.2 Å². The molecule has 1 aromatic heterocycles. The number of thioether (sulfide) groups is 1. The molecule has 0 saturated heterocycles. The van der Waals surface area contributed by atoms with Crippen molar-refractivity contribution in [3.63, 3.8) is 0 Å². The van der Waals surface area contributed by atoms with E-state index in [1.807, 2.05) is 0 Å². The minimum atomic E-state index is -0.256. The number of nitrogens with zero attached hydrogens (tertiary/aromatic N) is 3. The molecule has 7 heteroatoms. The van der Waals surface area contributed by atoms with Gasteiger partial charge in [0.1, 0.15) is 0 Å². The molecule has 0 fully saturated rings. The van der Waals surface area contributed by atoms with Gasteiger partial charge in [-0.1, -0.05) is 23.4 Å². The molecule has 1 N–H and O–H groups in total. The minimum Gasteiger partial charge on any atom is -0.313 e. The van der Waals surface area contributed by atoms with E-state index < -0.39 is 0 Å². The van der Waals surface area contributed by atoms with Crippen LogP contribution in [-0.4, -0.2) is 27.1 Å². The molecule has 0 atom stereocenters. The van der Waals surface area contributed by atoms with Crippen LogP contribution in [0.5, 0.6) is 0 Å². The van der Waals surface area contributed by atoms with Crippen molar-refractivity contribution in [2.24, 2.45) is 9.98 Å². The van der Waals surface area contributed by atoms with Gasteiger partial charge in [0, 0.05) is 6.07 Å². The van der Waals surface area contributed by atoms with Crippen LogP contribution in [0.2, 0.25) is 0 Å². The second kappa shape index (κ2) is 5.56. The number of halogens is 1. The van der Waals surface area contributed by atoms with E-state index in [9.17, 15) is 4.79 Å². The Hall–Kier alpha value is -1.14. The monoisotopic (exact) mass is 230 g/mol. The SMILES string of the molecule is CSC(N=CCl)=Nc1cc(=O)[nH]cn1. The van der Waals surface area contributed by atoms with Crippen molar-refractivity contribution >= 4 is 40.0 Å². The molecule has 0 aliphatic rings. The number of amidine groups is 1. The van der Waals surface area contributed by atoms with Gasteiger partial charge in [-0.2, -0.15) is 0 Å². The van der Waals surface area contributed by atoms with Gasteiger partial charge < -0.3 is 4.98 Å². The number of rotatable bonds is 1. The summed E-state index contributed by atoms with van der Waals surface area (Å²) >= 11 is 6.61. The van der Waals surface area contributed by atoms with E-state index in [-0.39, 0.29) is 5.56 Å². The number of hydrogen-bond acceptors (Lipinski definition) is 4. The molecule has 0 amide bonds. The topological polar surface area (TPSA) is 70.5 Å². The number of aromatic nitrogens is 2. The highest BCUT2D eigenvalue weighted by Gasteiger charge is 1.95. The molecule has 0 spiro atoms. The number of H-pyrrole nitrogens is 1. The summed E-state index contributed by atoms with van der Waals surface area (Å²) in [5, 5.41) is 0.443. The van der Waals surface area contributed by atoms with Crippen LogP contribution in [0.25, 0.3) is 0 Å². The van der Waals surface area contributed by atoms with E-state index in [2.05, 4.69) is 20.0 Å². The van der Waals surface area contributed by atoms with Crippen molar-refractivity contribution in [3.8, 4) is 0 Å². The number of aliphatic imine (C=N–C) groups is 2. The first-order valence-corrected chi connectivity index (χ1v) is 5.22. The standard InChI is InChI=1S/C7H7ClN4OS/c1-14-7(9-3-8)12-5-2-6(13)11-4-10-5/h2-4H,1H3,(H,10,11,13). The maximum atomic E-state index is 10.9. The molecule has 0 aliphatic heterocycles. The largest absolute Gasteiger partial charge is 0.313 e. The third-order valence-electron chi connectivity index (χ3n) is 1.22. The molecule has 0 saturated carbocycles. The summed E-state index contributed by atoms with van der Waals surface area (Å²) in [6, 6.07) is 1.28. The quantitative estimate of drug-likeness (QED) is 0.585. The van der Waals surface area contributed by atoms with Crippen molar-refractivity contribution in [1.29, 1.82) is 0 Å². The third kappa shape index (κ3) is 3.31. The summed E-state index contributed by atoms with van der Waals surface area (Å²) in [5.41, 5.74) is 0.858. The summed E-state index contributed by atoms with van der Waals surface area (Å²) in [6.07, 6.45) is 3.08. The van der Waals surface area contributed by atoms with Gasteiger partial charge in [-0.15, -0.1) is 0 Å². The van der Waals surface area contributed by atoms with Gasteiger partial charge in [0.25, 0.3) is 5.56 Å². The van der Waals surface area contributed by atoms with Gasteiger partial charge in [-0.05, 0) is 6.26 Å². The smallest absolute Gasteiger partial charge is 0.252 e. The van der Waals surface area contributed by atoms with Gasteiger partial charge >= 0.3 is 0 Å². The Kier molecular flexibility index (Phi) is 4.34. The molecule has 14 heavy (non-hydrogen) atoms. The number of aromatic amines is 1. The van der Waals surface area contributed by atoms with Crippen molar-refractivity contribution in [2.75, 3.05) is 6.26 Å². The second-order valence-electron chi connectivity index (χ2n) is 2.09. The fraction of sp³-hybridized carbons (Fsp3) is 0.143. The van der Waals surface area contributed by atoms with Crippen LogP contribution < -0.4 is 5.56 Å². The fourth-order valence-corrected chi connectivity index (χ4v) is 1.18. The lowest BCUT2D eigenvalue weighted by atomic mass is 10.6. The van der Waals surface area contributed by atoms with Crippen LogP contribution in [0.3, 0.4) is 0 Å². The van der Waals surface area contributed by atoms with Crippen molar-refractivity contribution < 1.29 is 0 Å². The number of nitrogens with one attached hydrogen (secondary N) is 1. The summed E-state index contributed by atoms with van der Waals surface area (Å²) in [7, 11) is 0. The molecule has 0 bridgehead atoms. The van der Waals surface area contributed by atoms with E-state index in [1.165, 1.54) is 24.2 Å². The Balaban J connectivity index is 3.00. The predicted molar refractivity (Wildman–Crippen MR) is 59.8 cm³/mol. The molecule has 0 aliphatic carbocycles. The summed E-state index contributed by atoms with van der Waals surface area (Å²) in [5.74, 6) is 0.306. The van der Waals surface area contributed by atoms with Crippen molar-refractivity contribution in [1.82, 2.24) is 9.97 Å². The zero-order valence-corrected chi connectivity index (χ0v) is 8.84. The molecule has 0 unspecified atom stereocenters. The summed E-state index contributed by atoms with van der Waals surface area (Å²) < 4.78 is 0. The zero-order valence-electron chi connectivity index (χ0n) is 7.27. The fourth-order valence-electron chi connectivity index (χ4n) is 0.686. The second-order valence-corrected chi connectivity index (χ2v) is 3.06. The predicted octanol–water partition coefficient (Wildman–Crippen LogP) is 1.39. The number of hydrogen-bond donors (Lipinski definition) is 1. The Morgan fingerprint density at radius 2 is 2.57 bits per heavy atom. The molecule has 5 nitrogen and oxygen atoms in total. The maximum Gasteiger partial charge on any atom is 0.252 e. The minimum absolute atomic E-state index is 0.256. The molecule has 1 heterocycles. The highest BCUT2D eigenvalue weighted by atomic mass is 35.5. The van der Waals surface area contributed by atoms with Gasteiger partial charge in [0.05, 0.1) is 12.0 Å². The van der Waals surface area contributed by atoms with Gasteiger partial charge in [-0.25, -0.2) is 15.0 Å². The van der Waals surface area contributed by atoms with E-state index in [0.29, 0.717) is 11.0 Å². The van der Waals surface area contributed by atoms with E-state index in [1.54, 1.807) is 6.26 Å². The first kappa shape index (κ1) is 10.9. The van der Waals surface area contributed by atoms with Crippen LogP contribution in [-0.2, 0) is 0 Å². The van der Waals surface area contributed by atoms with Gasteiger partial charge in [-0.3, -0.25) is 4.79 Å². The van der Waals surface area contributed by atoms with E-state index >= 15 is 0 Å².